The number of hydrogen-bond donors (Lipinski definition) is 3. The van der Waals surface area contributed by atoms with Crippen LogP contribution in [0.15, 0.2) is 36.4 Å². The summed E-state index contributed by atoms with van der Waals surface area (Å²) in [7, 11) is -2.50. The summed E-state index contributed by atoms with van der Waals surface area (Å²) in [6, 6.07) is 1.18. The van der Waals surface area contributed by atoms with Crippen LogP contribution in [0.3, 0.4) is 0 Å². The Labute approximate surface area is 352 Å². The molecular weight excluding hydrogens is 826 g/mol. The van der Waals surface area contributed by atoms with Gasteiger partial charge >= 0.3 is 12.3 Å². The molecule has 4 heterocycles. The predicted molar refractivity (Wildman–Crippen MR) is 215 cm³/mol. The van der Waals surface area contributed by atoms with E-state index in [-0.39, 0.29) is 42.5 Å². The maximum absolute atomic E-state index is 15.0. The maximum Gasteiger partial charge on any atom is 0.408 e. The van der Waals surface area contributed by atoms with Gasteiger partial charge in [-0.25, -0.2) is 13.2 Å². The molecule has 4 fully saturated rings. The number of carbonyl (C=O) groups is 4. The number of ether oxygens (including phenoxy) is 3. The Balaban J connectivity index is 1.29. The second-order valence-electron chi connectivity index (χ2n) is 17.1. The minimum Gasteiger partial charge on any atom is -0.497 e. The average Bonchev–Trinajstić information content (AvgIpc) is 4.14. The van der Waals surface area contributed by atoms with Gasteiger partial charge in [0, 0.05) is 30.8 Å². The number of carboxylic acid groups (broad SMARTS) is 1. The van der Waals surface area contributed by atoms with E-state index >= 15 is 4.79 Å². The first-order valence-corrected chi connectivity index (χ1v) is 22.3. The number of nitrogens with one attached hydrogen (secondary N) is 2. The maximum atomic E-state index is 15.0. The first kappa shape index (κ1) is 44.2. The molecule has 5 aliphatic rings. The van der Waals surface area contributed by atoms with Crippen LogP contribution < -0.4 is 24.4 Å². The van der Waals surface area contributed by atoms with Gasteiger partial charge < -0.3 is 34.4 Å². The van der Waals surface area contributed by atoms with Crippen molar-refractivity contribution < 1.29 is 60.1 Å². The number of sulfonamides is 1. The Morgan fingerprint density at radius 3 is 2.49 bits per heavy atom. The van der Waals surface area contributed by atoms with Gasteiger partial charge in [-0.2, -0.15) is 18.2 Å². The first-order valence-electron chi connectivity index (χ1n) is 20.7. The number of alkyl halides is 3. The molecule has 0 unspecified atom stereocenters. The number of hydrogen-bond acceptors (Lipinski definition) is 11. The molecule has 0 bridgehead atoms. The number of fused-ring (bicyclic) bond motifs is 3. The van der Waals surface area contributed by atoms with E-state index in [0.29, 0.717) is 81.3 Å². The van der Waals surface area contributed by atoms with Crippen molar-refractivity contribution in [3.05, 3.63) is 36.4 Å². The highest BCUT2D eigenvalue weighted by molar-refractivity contribution is 7.91. The number of carbonyl (C=O) groups excluding carboxylic acids is 3. The van der Waals surface area contributed by atoms with Crippen molar-refractivity contribution in [2.75, 3.05) is 44.9 Å². The number of allylic oxidation sites excluding steroid dienone is 1. The van der Waals surface area contributed by atoms with Gasteiger partial charge in [-0.3, -0.25) is 24.0 Å². The summed E-state index contributed by atoms with van der Waals surface area (Å²) in [6.45, 7) is 5.71. The lowest BCUT2D eigenvalue weighted by Crippen LogP contribution is -2.62. The van der Waals surface area contributed by atoms with Gasteiger partial charge in [-0.05, 0) is 86.9 Å². The van der Waals surface area contributed by atoms with Crippen molar-refractivity contribution in [2.45, 2.75) is 107 Å². The highest BCUT2D eigenvalue weighted by Crippen LogP contribution is 2.46. The van der Waals surface area contributed by atoms with Gasteiger partial charge in [0.15, 0.2) is 0 Å². The van der Waals surface area contributed by atoms with Crippen molar-refractivity contribution >= 4 is 50.4 Å². The second-order valence-corrected chi connectivity index (χ2v) is 19.0. The van der Waals surface area contributed by atoms with Crippen molar-refractivity contribution in [2.24, 2.45) is 17.8 Å². The lowest BCUT2D eigenvalue weighted by molar-refractivity contribution is -0.184. The standard InChI is InChI=1S/C41H53F3N6O10S/c1-23-7-5-6-8-27-21-40(27,38(53)47-61(56,57)30-10-11-30)46-35(51)32-20-29(22-49(32)37(52)34(24(2)17-23)50(39(54)55)25(3)41(42,43)44)60-36-31-12-9-28(58-4)18-26(31)19-33(45-36)48-13-15-59-16-14-48/h6,8-9,12,18-19,23-25,27,29-30,32,34H,5,7,10-11,13-17,20-22H2,1-4H3,(H,46,51)(H,47,53)(H,54,55)/t23-,24+,25+,27+,29+,32-,34-,40+/m0/s1. The average molecular weight is 879 g/mol. The second kappa shape index (κ2) is 17.1. The molecule has 3 N–H and O–H groups in total. The molecule has 4 amide bonds. The van der Waals surface area contributed by atoms with Crippen LogP contribution in [0.2, 0.25) is 0 Å². The number of anilines is 1. The fourth-order valence-electron chi connectivity index (χ4n) is 8.87. The van der Waals surface area contributed by atoms with Crippen LogP contribution in [-0.4, -0.2) is 133 Å². The van der Waals surface area contributed by atoms with Crippen LogP contribution >= 0.6 is 0 Å². The van der Waals surface area contributed by atoms with Gasteiger partial charge in [-0.15, -0.1) is 0 Å². The van der Waals surface area contributed by atoms with Crippen LogP contribution in [0.4, 0.5) is 23.8 Å². The third-order valence-electron chi connectivity index (χ3n) is 12.6. The summed E-state index contributed by atoms with van der Waals surface area (Å²) in [6.07, 6.45) is -2.70. The molecule has 1 aromatic heterocycles. The largest absolute Gasteiger partial charge is 0.497 e. The Kier molecular flexibility index (Phi) is 12.4. The van der Waals surface area contributed by atoms with E-state index in [2.05, 4.69) is 10.0 Å². The van der Waals surface area contributed by atoms with Crippen LogP contribution in [-0.2, 0) is 29.1 Å². The zero-order valence-corrected chi connectivity index (χ0v) is 35.3. The van der Waals surface area contributed by atoms with Gasteiger partial charge in [0.1, 0.15) is 41.3 Å². The Hall–Kier alpha value is -4.85. The van der Waals surface area contributed by atoms with Crippen LogP contribution in [0.25, 0.3) is 10.8 Å². The zero-order valence-electron chi connectivity index (χ0n) is 34.5. The van der Waals surface area contributed by atoms with Gasteiger partial charge in [-0.1, -0.05) is 26.0 Å². The molecular formula is C41H53F3N6O10S. The third kappa shape index (κ3) is 9.34. The molecule has 0 spiro atoms. The number of pyridine rings is 1. The molecule has 3 aliphatic heterocycles. The molecule has 61 heavy (non-hydrogen) atoms. The van der Waals surface area contributed by atoms with Crippen LogP contribution in [0, 0.1) is 17.8 Å². The van der Waals surface area contributed by atoms with E-state index in [1.807, 2.05) is 24.0 Å². The van der Waals surface area contributed by atoms with E-state index in [4.69, 9.17) is 19.2 Å². The molecule has 2 saturated heterocycles. The van der Waals surface area contributed by atoms with Crippen molar-refractivity contribution in [1.29, 1.82) is 0 Å². The Bertz CT molecular complexity index is 2170. The minimum absolute atomic E-state index is 0.0562. The lowest BCUT2D eigenvalue weighted by atomic mass is 9.86. The van der Waals surface area contributed by atoms with Crippen molar-refractivity contribution in [1.82, 2.24) is 24.8 Å². The number of aromatic nitrogens is 1. The molecule has 7 rings (SSSR count). The molecule has 2 aliphatic carbocycles. The minimum atomic E-state index is -5.04. The molecule has 8 atom stereocenters. The number of rotatable bonds is 9. The summed E-state index contributed by atoms with van der Waals surface area (Å²) in [4.78, 5) is 64.4. The molecule has 20 heteroatoms. The van der Waals surface area contributed by atoms with Gasteiger partial charge in [0.2, 0.25) is 27.7 Å². The summed E-state index contributed by atoms with van der Waals surface area (Å²) >= 11 is 0. The number of methoxy groups -OCH3 is 1. The highest BCUT2D eigenvalue weighted by atomic mass is 32.2. The summed E-state index contributed by atoms with van der Waals surface area (Å²) < 4.78 is 88.9. The molecule has 2 aromatic rings. The number of morpholine rings is 1. The monoisotopic (exact) mass is 878 g/mol. The lowest BCUT2D eigenvalue weighted by Gasteiger charge is -2.40. The molecule has 16 nitrogen and oxygen atoms in total. The summed E-state index contributed by atoms with van der Waals surface area (Å²) in [5.41, 5.74) is -1.71. The number of halogens is 3. The third-order valence-corrected chi connectivity index (χ3v) is 14.4. The first-order chi connectivity index (χ1) is 28.8. The van der Waals surface area contributed by atoms with E-state index in [1.165, 1.54) is 14.0 Å². The van der Waals surface area contributed by atoms with Crippen molar-refractivity contribution in [3.63, 3.8) is 0 Å². The molecule has 334 valence electrons. The SMILES string of the molecule is COc1ccc2c(O[C@@H]3C[C@H]4C(=O)N[C@]5(C(=O)NS(=O)(=O)C6CC6)C[C@H]5C=CCC[C@H](C)C[C@@H](C)[C@H](N(C(=O)O)[C@H](C)C(F)(F)F)C(=O)N4C3)nc(N3CCOCC3)cc2c1. The molecule has 0 radical (unpaired) electrons. The summed E-state index contributed by atoms with van der Waals surface area (Å²) in [5.74, 6) is -3.30. The molecule has 1 aromatic carbocycles. The topological polar surface area (TPSA) is 197 Å². The fourth-order valence-corrected chi connectivity index (χ4v) is 10.2. The number of amides is 4. The van der Waals surface area contributed by atoms with E-state index in [9.17, 15) is 41.1 Å². The number of benzene rings is 1. The fraction of sp³-hybridized carbons (Fsp3) is 0.634. The zero-order chi connectivity index (χ0) is 44.0. The normalized spacial score (nSPS) is 29.4. The van der Waals surface area contributed by atoms with Gasteiger partial charge in [0.25, 0.3) is 5.91 Å². The number of nitrogens with zero attached hydrogens (tertiary/aromatic N) is 4. The Morgan fingerprint density at radius 2 is 1.84 bits per heavy atom. The van der Waals surface area contributed by atoms with Crippen molar-refractivity contribution in [3.8, 4) is 11.6 Å². The smallest absolute Gasteiger partial charge is 0.408 e. The van der Waals surface area contributed by atoms with E-state index in [1.54, 1.807) is 24.3 Å². The van der Waals surface area contributed by atoms with Crippen LogP contribution in [0.1, 0.15) is 65.7 Å². The van der Waals surface area contributed by atoms with E-state index < -0.39 is 86.9 Å². The highest BCUT2D eigenvalue weighted by Gasteiger charge is 2.62. The van der Waals surface area contributed by atoms with E-state index in [0.717, 1.165) is 4.90 Å². The molecule has 2 saturated carbocycles. The van der Waals surface area contributed by atoms with Crippen LogP contribution in [0.5, 0.6) is 11.6 Å². The van der Waals surface area contributed by atoms with Gasteiger partial charge in [0.05, 0.1) is 32.1 Å². The predicted octanol–water partition coefficient (Wildman–Crippen LogP) is 4.22. The Morgan fingerprint density at radius 1 is 1.11 bits per heavy atom. The quantitative estimate of drug-likeness (QED) is 0.304. The summed E-state index contributed by atoms with van der Waals surface area (Å²) in [5, 5.41) is 13.7.